The van der Waals surface area contributed by atoms with Crippen LogP contribution in [0.15, 0.2) is 11.6 Å². The molecule has 0 aromatic carbocycles. The van der Waals surface area contributed by atoms with Crippen molar-refractivity contribution in [1.29, 1.82) is 0 Å². The van der Waals surface area contributed by atoms with Crippen molar-refractivity contribution in [3.63, 3.8) is 0 Å². The molecule has 1 atom stereocenters. The number of carbonyl (C=O) groups is 1. The quantitative estimate of drug-likeness (QED) is 0.920. The first-order valence-electron chi connectivity index (χ1n) is 8.01. The second kappa shape index (κ2) is 6.79. The zero-order chi connectivity index (χ0) is 15.5. The lowest BCUT2D eigenvalue weighted by molar-refractivity contribution is -0.135. The molecule has 0 saturated carbocycles. The number of thiazole rings is 1. The number of hydrogen-bond acceptors (Lipinski definition) is 4. The van der Waals surface area contributed by atoms with Crippen molar-refractivity contribution in [2.45, 2.75) is 51.5 Å². The molecule has 0 radical (unpaired) electrons. The summed E-state index contributed by atoms with van der Waals surface area (Å²) in [5.74, 6) is 0.217. The number of fused-ring (bicyclic) bond motifs is 1. The molecule has 2 aromatic rings. The van der Waals surface area contributed by atoms with Crippen LogP contribution in [-0.2, 0) is 11.2 Å². The Bertz CT molecular complexity index is 647. The SMILES string of the molecule is Cc1cn2c(CCC(=O)N3CCCCC3CCO)csc2n1. The zero-order valence-corrected chi connectivity index (χ0v) is 13.8. The third kappa shape index (κ3) is 3.17. The maximum Gasteiger partial charge on any atom is 0.223 e. The molecule has 1 unspecified atom stereocenters. The third-order valence-electron chi connectivity index (χ3n) is 4.41. The Kier molecular flexibility index (Phi) is 4.78. The molecule has 1 aliphatic heterocycles. The second-order valence-electron chi connectivity index (χ2n) is 6.01. The van der Waals surface area contributed by atoms with E-state index in [2.05, 4.69) is 14.8 Å². The Hall–Kier alpha value is -1.40. The summed E-state index contributed by atoms with van der Waals surface area (Å²) >= 11 is 1.62. The van der Waals surface area contributed by atoms with Crippen molar-refractivity contribution >= 4 is 22.2 Å². The van der Waals surface area contributed by atoms with Crippen LogP contribution in [0.2, 0.25) is 0 Å². The first-order valence-corrected chi connectivity index (χ1v) is 8.89. The number of amides is 1. The molecule has 120 valence electrons. The Labute approximate surface area is 134 Å². The number of aliphatic hydroxyl groups excluding tert-OH is 1. The highest BCUT2D eigenvalue weighted by molar-refractivity contribution is 7.15. The predicted molar refractivity (Wildman–Crippen MR) is 87.2 cm³/mol. The van der Waals surface area contributed by atoms with Crippen LogP contribution in [0.25, 0.3) is 4.96 Å². The van der Waals surface area contributed by atoms with Crippen molar-refractivity contribution in [2.75, 3.05) is 13.2 Å². The van der Waals surface area contributed by atoms with Gasteiger partial charge in [-0.05, 0) is 39.0 Å². The second-order valence-corrected chi connectivity index (χ2v) is 6.85. The van der Waals surface area contributed by atoms with E-state index >= 15 is 0 Å². The van der Waals surface area contributed by atoms with Crippen LogP contribution in [-0.4, -0.2) is 44.5 Å². The molecule has 6 heteroatoms. The fourth-order valence-corrected chi connectivity index (χ4v) is 4.23. The fourth-order valence-electron chi connectivity index (χ4n) is 3.28. The Morgan fingerprint density at radius 2 is 2.36 bits per heavy atom. The average molecular weight is 321 g/mol. The van der Waals surface area contributed by atoms with Gasteiger partial charge in [0.2, 0.25) is 5.91 Å². The predicted octanol–water partition coefficient (Wildman–Crippen LogP) is 2.40. The van der Waals surface area contributed by atoms with E-state index in [0.717, 1.165) is 48.6 Å². The maximum atomic E-state index is 12.5. The van der Waals surface area contributed by atoms with Crippen LogP contribution < -0.4 is 0 Å². The van der Waals surface area contributed by atoms with Gasteiger partial charge in [-0.15, -0.1) is 11.3 Å². The number of hydrogen-bond donors (Lipinski definition) is 1. The van der Waals surface area contributed by atoms with Gasteiger partial charge >= 0.3 is 0 Å². The number of piperidine rings is 1. The number of aliphatic hydroxyl groups is 1. The highest BCUT2D eigenvalue weighted by Gasteiger charge is 2.25. The summed E-state index contributed by atoms with van der Waals surface area (Å²) < 4.78 is 2.09. The van der Waals surface area contributed by atoms with Gasteiger partial charge in [0.25, 0.3) is 0 Å². The number of aryl methyl sites for hydroxylation is 2. The van der Waals surface area contributed by atoms with Gasteiger partial charge in [0.05, 0.1) is 5.69 Å². The monoisotopic (exact) mass is 321 g/mol. The number of carbonyl (C=O) groups excluding carboxylic acids is 1. The lowest BCUT2D eigenvalue weighted by Gasteiger charge is -2.35. The van der Waals surface area contributed by atoms with Crippen molar-refractivity contribution in [2.24, 2.45) is 0 Å². The van der Waals surface area contributed by atoms with E-state index in [0.29, 0.717) is 12.8 Å². The van der Waals surface area contributed by atoms with E-state index in [4.69, 9.17) is 0 Å². The summed E-state index contributed by atoms with van der Waals surface area (Å²) in [6, 6.07) is 0.226. The minimum atomic E-state index is 0.161. The summed E-state index contributed by atoms with van der Waals surface area (Å²) in [5.41, 5.74) is 2.17. The Morgan fingerprint density at radius 1 is 1.50 bits per heavy atom. The van der Waals surface area contributed by atoms with Crippen LogP contribution in [0.5, 0.6) is 0 Å². The normalized spacial score (nSPS) is 19.0. The smallest absolute Gasteiger partial charge is 0.223 e. The summed E-state index contributed by atoms with van der Waals surface area (Å²) in [6.45, 7) is 2.99. The number of nitrogens with zero attached hydrogens (tertiary/aromatic N) is 3. The molecule has 22 heavy (non-hydrogen) atoms. The first kappa shape index (κ1) is 15.5. The zero-order valence-electron chi connectivity index (χ0n) is 13.0. The van der Waals surface area contributed by atoms with Gasteiger partial charge in [0.15, 0.2) is 4.96 Å². The molecule has 3 heterocycles. The van der Waals surface area contributed by atoms with Crippen LogP contribution in [0.3, 0.4) is 0 Å². The van der Waals surface area contributed by atoms with E-state index in [-0.39, 0.29) is 18.6 Å². The molecule has 0 spiro atoms. The standard InChI is InChI=1S/C16H23N3O2S/c1-12-10-19-14(11-22-16(19)17-12)5-6-15(21)18-8-3-2-4-13(18)7-9-20/h10-11,13,20H,2-9H2,1H3. The van der Waals surface area contributed by atoms with Gasteiger partial charge in [0, 0.05) is 42.9 Å². The van der Waals surface area contributed by atoms with E-state index < -0.39 is 0 Å². The highest BCUT2D eigenvalue weighted by atomic mass is 32.1. The molecule has 1 N–H and O–H groups in total. The largest absolute Gasteiger partial charge is 0.396 e. The molecule has 2 aromatic heterocycles. The van der Waals surface area contributed by atoms with E-state index in [1.165, 1.54) is 0 Å². The maximum absolute atomic E-state index is 12.5. The van der Waals surface area contributed by atoms with Gasteiger partial charge in [0.1, 0.15) is 0 Å². The molecular formula is C16H23N3O2S. The minimum absolute atomic E-state index is 0.161. The van der Waals surface area contributed by atoms with Gasteiger partial charge in [-0.2, -0.15) is 0 Å². The third-order valence-corrected chi connectivity index (χ3v) is 5.30. The summed E-state index contributed by atoms with van der Waals surface area (Å²) in [5, 5.41) is 11.3. The number of likely N-dealkylation sites (tertiary alicyclic amines) is 1. The van der Waals surface area contributed by atoms with Crippen molar-refractivity contribution in [1.82, 2.24) is 14.3 Å². The molecule has 3 rings (SSSR count). The highest BCUT2D eigenvalue weighted by Crippen LogP contribution is 2.22. The number of imidazole rings is 1. The van der Waals surface area contributed by atoms with Crippen molar-refractivity contribution in [3.8, 4) is 0 Å². The minimum Gasteiger partial charge on any atom is -0.396 e. The van der Waals surface area contributed by atoms with Gasteiger partial charge < -0.3 is 10.0 Å². The van der Waals surface area contributed by atoms with Crippen LogP contribution in [0.4, 0.5) is 0 Å². The number of rotatable bonds is 5. The molecule has 0 aliphatic carbocycles. The molecular weight excluding hydrogens is 298 g/mol. The fraction of sp³-hybridized carbons (Fsp3) is 0.625. The lowest BCUT2D eigenvalue weighted by atomic mass is 9.99. The summed E-state index contributed by atoms with van der Waals surface area (Å²) in [6.07, 6.45) is 7.28. The van der Waals surface area contributed by atoms with Gasteiger partial charge in [-0.3, -0.25) is 9.20 Å². The molecule has 0 bridgehead atoms. The average Bonchev–Trinajstić information content (AvgIpc) is 3.05. The molecule has 1 amide bonds. The summed E-state index contributed by atoms with van der Waals surface area (Å²) in [4.78, 5) is 20.0. The molecule has 5 nitrogen and oxygen atoms in total. The summed E-state index contributed by atoms with van der Waals surface area (Å²) in [7, 11) is 0. The van der Waals surface area contributed by atoms with Crippen LogP contribution >= 0.6 is 11.3 Å². The van der Waals surface area contributed by atoms with E-state index in [9.17, 15) is 9.90 Å². The molecule has 1 fully saturated rings. The topological polar surface area (TPSA) is 57.8 Å². The van der Waals surface area contributed by atoms with E-state index in [1.807, 2.05) is 18.0 Å². The van der Waals surface area contributed by atoms with Crippen LogP contribution in [0.1, 0.15) is 43.5 Å². The van der Waals surface area contributed by atoms with Gasteiger partial charge in [-0.25, -0.2) is 4.98 Å². The van der Waals surface area contributed by atoms with Crippen LogP contribution in [0, 0.1) is 6.92 Å². The Morgan fingerprint density at radius 3 is 3.18 bits per heavy atom. The van der Waals surface area contributed by atoms with Crippen molar-refractivity contribution in [3.05, 3.63) is 23.0 Å². The molecule has 1 saturated heterocycles. The van der Waals surface area contributed by atoms with Crippen molar-refractivity contribution < 1.29 is 9.90 Å². The Balaban J connectivity index is 1.63. The number of aromatic nitrogens is 2. The lowest BCUT2D eigenvalue weighted by Crippen LogP contribution is -2.44. The first-order chi connectivity index (χ1) is 10.7. The van der Waals surface area contributed by atoms with E-state index in [1.54, 1.807) is 11.3 Å². The van der Waals surface area contributed by atoms with Gasteiger partial charge in [-0.1, -0.05) is 0 Å². The molecule has 1 aliphatic rings.